The number of rotatable bonds is 6. The number of hydrogen-bond acceptors (Lipinski definition) is 4. The van der Waals surface area contributed by atoms with E-state index >= 15 is 0 Å². The van der Waals surface area contributed by atoms with E-state index in [4.69, 9.17) is 20.9 Å². The lowest BCUT2D eigenvalue weighted by atomic mass is 9.72. The highest BCUT2D eigenvalue weighted by molar-refractivity contribution is 5.57. The zero-order valence-electron chi connectivity index (χ0n) is 19.6. The molecule has 0 aliphatic rings. The van der Waals surface area contributed by atoms with E-state index in [0.29, 0.717) is 12.1 Å². The molecule has 0 saturated heterocycles. The third kappa shape index (κ3) is 5.01. The SMILES string of the molecule is Nc1ccc(Oc2ccccc2C(c2ccccc2Oc2ccc(N)cc2F)(C(F)(F)F)C(F)(F)F)c(F)c1. The van der Waals surface area contributed by atoms with Crippen LogP contribution >= 0.6 is 0 Å². The zero-order chi connectivity index (χ0) is 28.6. The van der Waals surface area contributed by atoms with Crippen molar-refractivity contribution in [2.45, 2.75) is 17.8 Å². The maximum absolute atomic E-state index is 14.9. The molecular formula is C27H18F8N2O2. The van der Waals surface area contributed by atoms with Crippen LogP contribution in [0.15, 0.2) is 84.9 Å². The molecule has 0 fully saturated rings. The molecule has 204 valence electrons. The first kappa shape index (κ1) is 27.6. The first-order chi connectivity index (χ1) is 18.3. The van der Waals surface area contributed by atoms with Gasteiger partial charge in [0.1, 0.15) is 11.5 Å². The fourth-order valence-corrected chi connectivity index (χ4v) is 4.08. The molecule has 39 heavy (non-hydrogen) atoms. The van der Waals surface area contributed by atoms with Gasteiger partial charge in [0.05, 0.1) is 0 Å². The van der Waals surface area contributed by atoms with Gasteiger partial charge in [-0.25, -0.2) is 8.78 Å². The Labute approximate surface area is 216 Å². The largest absolute Gasteiger partial charge is 0.454 e. The number of nitrogen functional groups attached to an aromatic ring is 2. The van der Waals surface area contributed by atoms with Crippen molar-refractivity contribution in [3.8, 4) is 23.0 Å². The Hall–Kier alpha value is -4.48. The summed E-state index contributed by atoms with van der Waals surface area (Å²) in [5, 5.41) is 0. The van der Waals surface area contributed by atoms with Gasteiger partial charge in [0.15, 0.2) is 23.1 Å². The van der Waals surface area contributed by atoms with Crippen molar-refractivity contribution in [3.05, 3.63) is 108 Å². The Bertz CT molecular complexity index is 1390. The standard InChI is InChI=1S/C27H18F8N2O2/c28-19-13-15(36)9-11-23(19)38-21-7-3-1-5-17(21)25(26(30,31)32,27(33,34)35)18-6-2-4-8-22(18)39-24-12-10-16(37)14-20(24)29/h1-14H,36-37H2. The Morgan fingerprint density at radius 1 is 0.487 bits per heavy atom. The minimum absolute atomic E-state index is 0.0472. The van der Waals surface area contributed by atoms with E-state index in [-0.39, 0.29) is 11.4 Å². The quantitative estimate of drug-likeness (QED) is 0.187. The van der Waals surface area contributed by atoms with Gasteiger partial charge >= 0.3 is 12.4 Å². The molecule has 4 aromatic rings. The van der Waals surface area contributed by atoms with Crippen molar-refractivity contribution >= 4 is 11.4 Å². The first-order valence-corrected chi connectivity index (χ1v) is 11.0. The molecule has 0 aliphatic carbocycles. The van der Waals surface area contributed by atoms with Crippen molar-refractivity contribution < 1.29 is 44.6 Å². The summed E-state index contributed by atoms with van der Waals surface area (Å²) in [5.41, 5.74) is 3.27. The number of halogens is 8. The second kappa shape index (κ2) is 10.0. The highest BCUT2D eigenvalue weighted by Gasteiger charge is 2.74. The summed E-state index contributed by atoms with van der Waals surface area (Å²) in [6.45, 7) is 0. The van der Waals surface area contributed by atoms with Crippen LogP contribution in [0.2, 0.25) is 0 Å². The number of ether oxygens (including phenoxy) is 2. The molecule has 0 aliphatic heterocycles. The number of anilines is 2. The van der Waals surface area contributed by atoms with Crippen LogP contribution in [0.1, 0.15) is 11.1 Å². The summed E-state index contributed by atoms with van der Waals surface area (Å²) in [4.78, 5) is 0. The van der Waals surface area contributed by atoms with Gasteiger partial charge in [-0.1, -0.05) is 36.4 Å². The molecule has 0 spiro atoms. The van der Waals surface area contributed by atoms with E-state index in [2.05, 4.69) is 0 Å². The Balaban J connectivity index is 2.00. The average Bonchev–Trinajstić information content (AvgIpc) is 2.83. The number of hydrogen-bond donors (Lipinski definition) is 2. The lowest BCUT2D eigenvalue weighted by Crippen LogP contribution is -2.55. The van der Waals surface area contributed by atoms with Crippen LogP contribution in [0.5, 0.6) is 23.0 Å². The third-order valence-electron chi connectivity index (χ3n) is 5.78. The van der Waals surface area contributed by atoms with Crippen LogP contribution in [0.25, 0.3) is 0 Å². The summed E-state index contributed by atoms with van der Waals surface area (Å²) < 4.78 is 129. The molecule has 4 nitrogen and oxygen atoms in total. The second-order valence-electron chi connectivity index (χ2n) is 8.32. The van der Waals surface area contributed by atoms with Gasteiger partial charge in [0.2, 0.25) is 5.41 Å². The third-order valence-corrected chi connectivity index (χ3v) is 5.78. The topological polar surface area (TPSA) is 70.5 Å². The number of benzene rings is 4. The van der Waals surface area contributed by atoms with E-state index in [9.17, 15) is 35.1 Å². The molecule has 0 atom stereocenters. The molecule has 0 amide bonds. The number of nitrogens with two attached hydrogens (primary N) is 2. The molecule has 0 radical (unpaired) electrons. The maximum Gasteiger partial charge on any atom is 0.411 e. The first-order valence-electron chi connectivity index (χ1n) is 11.0. The highest BCUT2D eigenvalue weighted by atomic mass is 19.4. The molecule has 0 unspecified atom stereocenters. The minimum Gasteiger partial charge on any atom is -0.454 e. The second-order valence-corrected chi connectivity index (χ2v) is 8.32. The smallest absolute Gasteiger partial charge is 0.411 e. The zero-order valence-corrected chi connectivity index (χ0v) is 19.6. The van der Waals surface area contributed by atoms with Gasteiger partial charge in [0.25, 0.3) is 0 Å². The Kier molecular flexibility index (Phi) is 7.07. The van der Waals surface area contributed by atoms with E-state index in [1.54, 1.807) is 0 Å². The monoisotopic (exact) mass is 554 g/mol. The van der Waals surface area contributed by atoms with Crippen LogP contribution < -0.4 is 20.9 Å². The fourth-order valence-electron chi connectivity index (χ4n) is 4.08. The molecule has 0 heterocycles. The van der Waals surface area contributed by atoms with Gasteiger partial charge in [-0.15, -0.1) is 0 Å². The van der Waals surface area contributed by atoms with Gasteiger partial charge in [-0.2, -0.15) is 26.3 Å². The van der Waals surface area contributed by atoms with Crippen molar-refractivity contribution in [1.82, 2.24) is 0 Å². The number of alkyl halides is 6. The minimum atomic E-state index is -6.05. The van der Waals surface area contributed by atoms with Crippen molar-refractivity contribution in [2.75, 3.05) is 11.5 Å². The Morgan fingerprint density at radius 2 is 0.846 bits per heavy atom. The number of para-hydroxylation sites is 2. The van der Waals surface area contributed by atoms with Gasteiger partial charge in [-0.3, -0.25) is 0 Å². The van der Waals surface area contributed by atoms with Crippen LogP contribution in [0, 0.1) is 11.6 Å². The Morgan fingerprint density at radius 3 is 1.18 bits per heavy atom. The average molecular weight is 554 g/mol. The van der Waals surface area contributed by atoms with E-state index in [1.807, 2.05) is 0 Å². The molecular weight excluding hydrogens is 536 g/mol. The molecule has 0 aromatic heterocycles. The summed E-state index contributed by atoms with van der Waals surface area (Å²) in [6.07, 6.45) is -12.1. The lowest BCUT2D eigenvalue weighted by Gasteiger charge is -2.39. The van der Waals surface area contributed by atoms with Crippen LogP contribution in [-0.4, -0.2) is 12.4 Å². The summed E-state index contributed by atoms with van der Waals surface area (Å²) >= 11 is 0. The highest BCUT2D eigenvalue weighted by Crippen LogP contribution is 2.60. The molecule has 4 N–H and O–H groups in total. The van der Waals surface area contributed by atoms with Gasteiger partial charge in [-0.05, 0) is 36.4 Å². The van der Waals surface area contributed by atoms with E-state index in [1.165, 1.54) is 0 Å². The predicted molar refractivity (Wildman–Crippen MR) is 128 cm³/mol. The van der Waals surface area contributed by atoms with Crippen molar-refractivity contribution in [1.29, 1.82) is 0 Å². The summed E-state index contributed by atoms with van der Waals surface area (Å²) in [7, 11) is 0. The summed E-state index contributed by atoms with van der Waals surface area (Å²) in [5.74, 6) is -5.44. The molecule has 0 saturated carbocycles. The van der Waals surface area contributed by atoms with Crippen molar-refractivity contribution in [3.63, 3.8) is 0 Å². The lowest BCUT2D eigenvalue weighted by molar-refractivity contribution is -0.289. The molecule has 0 bridgehead atoms. The molecule has 12 heteroatoms. The van der Waals surface area contributed by atoms with E-state index < -0.39 is 63.5 Å². The maximum atomic E-state index is 14.9. The van der Waals surface area contributed by atoms with Gasteiger partial charge < -0.3 is 20.9 Å². The van der Waals surface area contributed by atoms with Crippen LogP contribution in [0.3, 0.4) is 0 Å². The molecule has 4 aromatic carbocycles. The van der Waals surface area contributed by atoms with Crippen LogP contribution in [0.4, 0.5) is 46.5 Å². The summed E-state index contributed by atoms with van der Waals surface area (Å²) in [6, 6.07) is 12.8. The normalized spacial score (nSPS) is 12.3. The predicted octanol–water partition coefficient (Wildman–Crippen LogP) is 8.12. The van der Waals surface area contributed by atoms with Gasteiger partial charge in [0, 0.05) is 34.6 Å². The van der Waals surface area contributed by atoms with E-state index in [0.717, 1.165) is 72.8 Å². The molecule has 4 rings (SSSR count). The van der Waals surface area contributed by atoms with Crippen LogP contribution in [-0.2, 0) is 5.41 Å². The van der Waals surface area contributed by atoms with Crippen molar-refractivity contribution in [2.24, 2.45) is 0 Å². The fraction of sp³-hybridized carbons (Fsp3) is 0.111.